The highest BCUT2D eigenvalue weighted by molar-refractivity contribution is 6.32. The average molecular weight is 273 g/mol. The Morgan fingerprint density at radius 1 is 1.32 bits per heavy atom. The number of benzene rings is 2. The number of hydrogen-bond donors (Lipinski definition) is 2. The normalized spacial score (nSPS) is 9.95. The average Bonchev–Trinajstić information content (AvgIpc) is 2.40. The van der Waals surface area contributed by atoms with E-state index >= 15 is 0 Å². The van der Waals surface area contributed by atoms with Gasteiger partial charge in [-0.3, -0.25) is 0 Å². The largest absolute Gasteiger partial charge is 0.507 e. The van der Waals surface area contributed by atoms with E-state index in [9.17, 15) is 5.11 Å². The van der Waals surface area contributed by atoms with Gasteiger partial charge in [-0.15, -0.1) is 0 Å². The van der Waals surface area contributed by atoms with E-state index in [-0.39, 0.29) is 0 Å². The SMILES string of the molecule is Cc1cccc(CNc2ccc(C#N)c(Cl)c2)c1O. The van der Waals surface area contributed by atoms with E-state index in [1.54, 1.807) is 18.2 Å². The second-order valence-electron chi connectivity index (χ2n) is 4.24. The summed E-state index contributed by atoms with van der Waals surface area (Å²) in [5.41, 5.74) is 2.92. The summed E-state index contributed by atoms with van der Waals surface area (Å²) in [5, 5.41) is 22.3. The number of aryl methyl sites for hydroxylation is 1. The van der Waals surface area contributed by atoms with Crippen LogP contribution in [0, 0.1) is 18.3 Å². The number of anilines is 1. The summed E-state index contributed by atoms with van der Waals surface area (Å²) in [6, 6.07) is 12.8. The second-order valence-corrected chi connectivity index (χ2v) is 4.65. The summed E-state index contributed by atoms with van der Waals surface area (Å²) in [6.45, 7) is 2.35. The molecule has 0 atom stereocenters. The summed E-state index contributed by atoms with van der Waals surface area (Å²) in [4.78, 5) is 0. The molecule has 0 aromatic heterocycles. The molecule has 2 aromatic carbocycles. The van der Waals surface area contributed by atoms with Crippen molar-refractivity contribution in [1.29, 1.82) is 5.26 Å². The van der Waals surface area contributed by atoms with Crippen molar-refractivity contribution in [3.8, 4) is 11.8 Å². The molecule has 0 fully saturated rings. The Morgan fingerprint density at radius 3 is 2.79 bits per heavy atom. The van der Waals surface area contributed by atoms with Gasteiger partial charge in [0, 0.05) is 17.8 Å². The van der Waals surface area contributed by atoms with E-state index in [1.807, 2.05) is 31.2 Å². The highest BCUT2D eigenvalue weighted by Crippen LogP contribution is 2.24. The van der Waals surface area contributed by atoms with Gasteiger partial charge in [-0.2, -0.15) is 5.26 Å². The van der Waals surface area contributed by atoms with Gasteiger partial charge in [-0.05, 0) is 30.7 Å². The first kappa shape index (κ1) is 13.3. The van der Waals surface area contributed by atoms with Gasteiger partial charge in [-0.25, -0.2) is 0 Å². The predicted octanol–water partition coefficient (Wildman–Crippen LogP) is 3.84. The molecule has 0 amide bonds. The Morgan fingerprint density at radius 2 is 2.11 bits per heavy atom. The van der Waals surface area contributed by atoms with Crippen molar-refractivity contribution in [3.63, 3.8) is 0 Å². The molecule has 0 bridgehead atoms. The third-order valence-corrected chi connectivity index (χ3v) is 3.21. The smallest absolute Gasteiger partial charge is 0.123 e. The maximum absolute atomic E-state index is 9.90. The van der Waals surface area contributed by atoms with Gasteiger partial charge in [0.1, 0.15) is 11.8 Å². The van der Waals surface area contributed by atoms with E-state index in [0.29, 0.717) is 22.9 Å². The van der Waals surface area contributed by atoms with Crippen LogP contribution in [0.25, 0.3) is 0 Å². The second kappa shape index (κ2) is 5.64. The molecule has 0 aliphatic carbocycles. The monoisotopic (exact) mass is 272 g/mol. The number of phenolic OH excluding ortho intramolecular Hbond substituents is 1. The number of halogens is 1. The topological polar surface area (TPSA) is 56.0 Å². The van der Waals surface area contributed by atoms with Crippen LogP contribution in [0.15, 0.2) is 36.4 Å². The lowest BCUT2D eigenvalue weighted by Crippen LogP contribution is -2.00. The molecule has 2 rings (SSSR count). The van der Waals surface area contributed by atoms with Crippen LogP contribution < -0.4 is 5.32 Å². The van der Waals surface area contributed by atoms with Crippen molar-refractivity contribution >= 4 is 17.3 Å². The summed E-state index contributed by atoms with van der Waals surface area (Å²) in [5.74, 6) is 0.301. The number of para-hydroxylation sites is 1. The van der Waals surface area contributed by atoms with Crippen LogP contribution in [0.5, 0.6) is 5.75 Å². The first-order valence-corrected chi connectivity index (χ1v) is 6.20. The third kappa shape index (κ3) is 2.98. The summed E-state index contributed by atoms with van der Waals surface area (Å²) in [6.07, 6.45) is 0. The quantitative estimate of drug-likeness (QED) is 0.893. The first-order chi connectivity index (χ1) is 9.11. The molecule has 0 saturated carbocycles. The standard InChI is InChI=1S/C15H13ClN2O/c1-10-3-2-4-12(15(10)19)9-18-13-6-5-11(8-17)14(16)7-13/h2-7,18-19H,9H2,1H3. The summed E-state index contributed by atoms with van der Waals surface area (Å²) in [7, 11) is 0. The fraction of sp³-hybridized carbons (Fsp3) is 0.133. The molecule has 0 spiro atoms. The highest BCUT2D eigenvalue weighted by atomic mass is 35.5. The van der Waals surface area contributed by atoms with Gasteiger partial charge in [0.25, 0.3) is 0 Å². The van der Waals surface area contributed by atoms with Crippen molar-refractivity contribution in [2.75, 3.05) is 5.32 Å². The zero-order valence-corrected chi connectivity index (χ0v) is 11.2. The zero-order chi connectivity index (χ0) is 13.8. The van der Waals surface area contributed by atoms with Crippen LogP contribution in [0.3, 0.4) is 0 Å². The van der Waals surface area contributed by atoms with Crippen LogP contribution in [0.1, 0.15) is 16.7 Å². The number of rotatable bonds is 3. The molecular weight excluding hydrogens is 260 g/mol. The van der Waals surface area contributed by atoms with E-state index < -0.39 is 0 Å². The van der Waals surface area contributed by atoms with Crippen LogP contribution in [-0.2, 0) is 6.54 Å². The van der Waals surface area contributed by atoms with Crippen molar-refractivity contribution in [2.24, 2.45) is 0 Å². The Kier molecular flexibility index (Phi) is 3.94. The number of aromatic hydroxyl groups is 1. The molecule has 0 saturated heterocycles. The molecule has 0 unspecified atom stereocenters. The van der Waals surface area contributed by atoms with Gasteiger partial charge in [-0.1, -0.05) is 29.8 Å². The van der Waals surface area contributed by atoms with Gasteiger partial charge < -0.3 is 10.4 Å². The zero-order valence-electron chi connectivity index (χ0n) is 10.4. The maximum atomic E-state index is 9.90. The van der Waals surface area contributed by atoms with Crippen LogP contribution in [-0.4, -0.2) is 5.11 Å². The van der Waals surface area contributed by atoms with Crippen LogP contribution >= 0.6 is 11.6 Å². The molecule has 0 aliphatic rings. The minimum absolute atomic E-state index is 0.301. The number of phenols is 1. The molecule has 4 heteroatoms. The van der Waals surface area contributed by atoms with Gasteiger partial charge >= 0.3 is 0 Å². The Labute approximate surface area is 117 Å². The lowest BCUT2D eigenvalue weighted by molar-refractivity contribution is 0.465. The van der Waals surface area contributed by atoms with Crippen molar-refractivity contribution in [2.45, 2.75) is 13.5 Å². The van der Waals surface area contributed by atoms with Crippen molar-refractivity contribution in [1.82, 2.24) is 0 Å². The minimum Gasteiger partial charge on any atom is -0.507 e. The third-order valence-electron chi connectivity index (χ3n) is 2.89. The number of nitriles is 1. The predicted molar refractivity (Wildman–Crippen MR) is 76.3 cm³/mol. The van der Waals surface area contributed by atoms with Gasteiger partial charge in [0.15, 0.2) is 0 Å². The summed E-state index contributed by atoms with van der Waals surface area (Å²) >= 11 is 5.96. The Hall–Kier alpha value is -2.18. The first-order valence-electron chi connectivity index (χ1n) is 5.83. The van der Waals surface area contributed by atoms with Gasteiger partial charge in [0.05, 0.1) is 10.6 Å². The molecule has 19 heavy (non-hydrogen) atoms. The van der Waals surface area contributed by atoms with Crippen molar-refractivity contribution < 1.29 is 5.11 Å². The molecule has 96 valence electrons. The fourth-order valence-corrected chi connectivity index (χ4v) is 2.00. The number of nitrogens with zero attached hydrogens (tertiary/aromatic N) is 1. The van der Waals surface area contributed by atoms with E-state index in [4.69, 9.17) is 16.9 Å². The molecular formula is C15H13ClN2O. The van der Waals surface area contributed by atoms with E-state index in [0.717, 1.165) is 16.8 Å². The highest BCUT2D eigenvalue weighted by Gasteiger charge is 2.04. The van der Waals surface area contributed by atoms with Gasteiger partial charge in [0.2, 0.25) is 0 Å². The van der Waals surface area contributed by atoms with E-state index in [1.165, 1.54) is 0 Å². The van der Waals surface area contributed by atoms with Crippen molar-refractivity contribution in [3.05, 3.63) is 58.1 Å². The molecule has 2 N–H and O–H groups in total. The lowest BCUT2D eigenvalue weighted by atomic mass is 10.1. The maximum Gasteiger partial charge on any atom is 0.123 e. The lowest BCUT2D eigenvalue weighted by Gasteiger charge is -2.10. The van der Waals surface area contributed by atoms with Crippen LogP contribution in [0.4, 0.5) is 5.69 Å². The number of hydrogen-bond acceptors (Lipinski definition) is 3. The Bertz CT molecular complexity index is 647. The molecule has 3 nitrogen and oxygen atoms in total. The van der Waals surface area contributed by atoms with Crippen LogP contribution in [0.2, 0.25) is 5.02 Å². The molecule has 0 radical (unpaired) electrons. The molecule has 2 aromatic rings. The minimum atomic E-state index is 0.301. The van der Waals surface area contributed by atoms with E-state index in [2.05, 4.69) is 5.32 Å². The number of nitrogens with one attached hydrogen (secondary N) is 1. The fourth-order valence-electron chi connectivity index (χ4n) is 1.78. The molecule has 0 aliphatic heterocycles. The molecule has 0 heterocycles. The summed E-state index contributed by atoms with van der Waals surface area (Å²) < 4.78 is 0. The Balaban J connectivity index is 2.13.